The summed E-state index contributed by atoms with van der Waals surface area (Å²) >= 11 is 0. The lowest BCUT2D eigenvalue weighted by Crippen LogP contribution is -2.48. The van der Waals surface area contributed by atoms with Crippen LogP contribution in [-0.4, -0.2) is 32.6 Å². The van der Waals surface area contributed by atoms with Crippen LogP contribution < -0.4 is 10.1 Å². The third-order valence-corrected chi connectivity index (χ3v) is 5.63. The van der Waals surface area contributed by atoms with Crippen molar-refractivity contribution in [2.45, 2.75) is 58.5 Å². The van der Waals surface area contributed by atoms with Gasteiger partial charge in [0.05, 0.1) is 6.10 Å². The van der Waals surface area contributed by atoms with E-state index in [-0.39, 0.29) is 24.0 Å². The standard InChI is InChI=1S/C25H29FN4O2/c1-18(2)32-23-9-5-19(6-10-23)16-28-25(31)30(17-20-3-7-21(26)8-4-20)22-11-13-29-14-12-27-24(29)15-22/h3-10,12,14,18,22H,11,13,15-17H2,1-2H3,(H,28,31)/t22-/m0/s1. The molecule has 0 bridgehead atoms. The lowest BCUT2D eigenvalue weighted by atomic mass is 10.0. The molecule has 0 saturated heterocycles. The van der Waals surface area contributed by atoms with Crippen molar-refractivity contribution in [2.75, 3.05) is 0 Å². The first-order valence-electron chi connectivity index (χ1n) is 11.0. The van der Waals surface area contributed by atoms with Gasteiger partial charge in [0.2, 0.25) is 0 Å². The van der Waals surface area contributed by atoms with Gasteiger partial charge in [-0.25, -0.2) is 14.2 Å². The molecule has 0 aliphatic carbocycles. The number of carbonyl (C=O) groups is 1. The molecule has 1 N–H and O–H groups in total. The van der Waals surface area contributed by atoms with Crippen LogP contribution in [-0.2, 0) is 26.1 Å². The molecule has 2 heterocycles. The molecule has 1 aromatic heterocycles. The van der Waals surface area contributed by atoms with Gasteiger partial charge in [0.15, 0.2) is 0 Å². The second-order valence-corrected chi connectivity index (χ2v) is 8.41. The summed E-state index contributed by atoms with van der Waals surface area (Å²) in [6, 6.07) is 14.0. The van der Waals surface area contributed by atoms with Crippen molar-refractivity contribution in [3.05, 3.63) is 83.7 Å². The molecule has 0 fully saturated rings. The van der Waals surface area contributed by atoms with E-state index in [1.165, 1.54) is 12.1 Å². The highest BCUT2D eigenvalue weighted by Gasteiger charge is 2.28. The molecule has 1 aliphatic rings. The summed E-state index contributed by atoms with van der Waals surface area (Å²) in [7, 11) is 0. The summed E-state index contributed by atoms with van der Waals surface area (Å²) < 4.78 is 21.2. The van der Waals surface area contributed by atoms with Gasteiger partial charge in [-0.05, 0) is 55.7 Å². The SMILES string of the molecule is CC(C)Oc1ccc(CNC(=O)N(Cc2ccc(F)cc2)[C@H]2CCn3ccnc3C2)cc1. The number of imidazole rings is 1. The van der Waals surface area contributed by atoms with Gasteiger partial charge in [0.25, 0.3) is 0 Å². The van der Waals surface area contributed by atoms with E-state index in [9.17, 15) is 9.18 Å². The second-order valence-electron chi connectivity index (χ2n) is 8.41. The van der Waals surface area contributed by atoms with Crippen molar-refractivity contribution < 1.29 is 13.9 Å². The Morgan fingerprint density at radius 1 is 1.19 bits per heavy atom. The number of hydrogen-bond acceptors (Lipinski definition) is 3. The van der Waals surface area contributed by atoms with E-state index in [1.807, 2.05) is 49.2 Å². The minimum atomic E-state index is -0.283. The van der Waals surface area contributed by atoms with E-state index in [1.54, 1.807) is 18.3 Å². The monoisotopic (exact) mass is 436 g/mol. The lowest BCUT2D eigenvalue weighted by molar-refractivity contribution is 0.156. The van der Waals surface area contributed by atoms with Crippen LogP contribution in [0.3, 0.4) is 0 Å². The smallest absolute Gasteiger partial charge is 0.318 e. The molecule has 0 spiro atoms. The van der Waals surface area contributed by atoms with Gasteiger partial charge in [-0.15, -0.1) is 0 Å². The van der Waals surface area contributed by atoms with Gasteiger partial charge in [-0.2, -0.15) is 0 Å². The quantitative estimate of drug-likeness (QED) is 0.592. The summed E-state index contributed by atoms with van der Waals surface area (Å²) in [6.45, 7) is 5.63. The molecule has 0 radical (unpaired) electrons. The first-order chi connectivity index (χ1) is 15.5. The Morgan fingerprint density at radius 2 is 1.91 bits per heavy atom. The fourth-order valence-electron chi connectivity index (χ4n) is 3.99. The summed E-state index contributed by atoms with van der Waals surface area (Å²) in [6.07, 6.45) is 5.44. The van der Waals surface area contributed by atoms with E-state index in [4.69, 9.17) is 4.74 Å². The average Bonchev–Trinajstić information content (AvgIpc) is 3.25. The summed E-state index contributed by atoms with van der Waals surface area (Å²) in [4.78, 5) is 19.5. The van der Waals surface area contributed by atoms with Crippen LogP contribution in [0.2, 0.25) is 0 Å². The number of aryl methyl sites for hydroxylation is 1. The van der Waals surface area contributed by atoms with Crippen molar-refractivity contribution in [3.8, 4) is 5.75 Å². The van der Waals surface area contributed by atoms with Crippen molar-refractivity contribution in [1.82, 2.24) is 19.8 Å². The Morgan fingerprint density at radius 3 is 2.62 bits per heavy atom. The first-order valence-corrected chi connectivity index (χ1v) is 11.0. The van der Waals surface area contributed by atoms with E-state index in [2.05, 4.69) is 14.9 Å². The Kier molecular flexibility index (Phi) is 6.73. The van der Waals surface area contributed by atoms with Gasteiger partial charge in [-0.3, -0.25) is 0 Å². The Bertz CT molecular complexity index is 1030. The van der Waals surface area contributed by atoms with E-state index >= 15 is 0 Å². The Hall–Kier alpha value is -3.35. The van der Waals surface area contributed by atoms with Crippen molar-refractivity contribution in [3.63, 3.8) is 0 Å². The van der Waals surface area contributed by atoms with Crippen LogP contribution in [0.25, 0.3) is 0 Å². The van der Waals surface area contributed by atoms with Gasteiger partial charge >= 0.3 is 6.03 Å². The van der Waals surface area contributed by atoms with Gasteiger partial charge in [-0.1, -0.05) is 24.3 Å². The van der Waals surface area contributed by atoms with Crippen molar-refractivity contribution >= 4 is 6.03 Å². The fourth-order valence-corrected chi connectivity index (χ4v) is 3.99. The second kappa shape index (κ2) is 9.85. The number of ether oxygens (including phenoxy) is 1. The molecule has 32 heavy (non-hydrogen) atoms. The van der Waals surface area contributed by atoms with Crippen molar-refractivity contribution in [1.29, 1.82) is 0 Å². The zero-order valence-corrected chi connectivity index (χ0v) is 18.5. The topological polar surface area (TPSA) is 59.4 Å². The number of halogens is 1. The lowest BCUT2D eigenvalue weighted by Gasteiger charge is -2.34. The van der Waals surface area contributed by atoms with E-state index in [0.717, 1.165) is 35.7 Å². The number of aromatic nitrogens is 2. The Balaban J connectivity index is 1.45. The van der Waals surface area contributed by atoms with Crippen LogP contribution in [0.1, 0.15) is 37.2 Å². The summed E-state index contributed by atoms with van der Waals surface area (Å²) in [5, 5.41) is 3.05. The maximum Gasteiger partial charge on any atom is 0.318 e. The molecular weight excluding hydrogens is 407 g/mol. The zero-order valence-electron chi connectivity index (χ0n) is 18.5. The van der Waals surface area contributed by atoms with Gasteiger partial charge in [0.1, 0.15) is 17.4 Å². The van der Waals surface area contributed by atoms with E-state index < -0.39 is 0 Å². The molecule has 1 aliphatic heterocycles. The zero-order chi connectivity index (χ0) is 22.5. The van der Waals surface area contributed by atoms with Crippen LogP contribution in [0, 0.1) is 5.82 Å². The van der Waals surface area contributed by atoms with Gasteiger partial charge in [0, 0.05) is 44.5 Å². The summed E-state index contributed by atoms with van der Waals surface area (Å²) in [5.74, 6) is 1.51. The van der Waals surface area contributed by atoms with Crippen LogP contribution in [0.5, 0.6) is 5.75 Å². The highest BCUT2D eigenvalue weighted by molar-refractivity contribution is 5.74. The largest absolute Gasteiger partial charge is 0.491 e. The number of carbonyl (C=O) groups excluding carboxylic acids is 1. The van der Waals surface area contributed by atoms with Gasteiger partial charge < -0.3 is 19.5 Å². The number of nitrogens with one attached hydrogen (secondary N) is 1. The van der Waals surface area contributed by atoms with Crippen molar-refractivity contribution in [2.24, 2.45) is 0 Å². The minimum Gasteiger partial charge on any atom is -0.491 e. The molecule has 168 valence electrons. The molecule has 2 aromatic carbocycles. The Labute approximate surface area is 188 Å². The molecule has 6 nitrogen and oxygen atoms in total. The number of fused-ring (bicyclic) bond motifs is 1. The first kappa shape index (κ1) is 21.9. The number of rotatable bonds is 7. The molecular formula is C25H29FN4O2. The maximum absolute atomic E-state index is 13.4. The minimum absolute atomic E-state index is 0.0248. The third-order valence-electron chi connectivity index (χ3n) is 5.63. The predicted molar refractivity (Wildman–Crippen MR) is 121 cm³/mol. The highest BCUT2D eigenvalue weighted by Crippen LogP contribution is 2.21. The van der Waals surface area contributed by atoms with E-state index in [0.29, 0.717) is 19.5 Å². The number of nitrogens with zero attached hydrogens (tertiary/aromatic N) is 3. The van der Waals surface area contributed by atoms with Crippen LogP contribution in [0.4, 0.5) is 9.18 Å². The third kappa shape index (κ3) is 5.46. The fraction of sp³-hybridized carbons (Fsp3) is 0.360. The predicted octanol–water partition coefficient (Wildman–Crippen LogP) is 4.54. The van der Waals surface area contributed by atoms with Crippen LogP contribution >= 0.6 is 0 Å². The molecule has 4 rings (SSSR count). The molecule has 0 saturated carbocycles. The molecule has 2 amide bonds. The number of urea groups is 1. The molecule has 3 aromatic rings. The number of benzene rings is 2. The summed E-state index contributed by atoms with van der Waals surface area (Å²) in [5.41, 5.74) is 1.89. The number of hydrogen-bond donors (Lipinski definition) is 1. The number of amides is 2. The molecule has 7 heteroatoms. The molecule has 1 atom stereocenters. The maximum atomic E-state index is 13.4. The average molecular weight is 437 g/mol. The normalized spacial score (nSPS) is 15.3. The molecule has 0 unspecified atom stereocenters. The highest BCUT2D eigenvalue weighted by atomic mass is 19.1. The van der Waals surface area contributed by atoms with Crippen LogP contribution in [0.15, 0.2) is 60.9 Å².